The number of aromatic nitrogens is 2. The lowest BCUT2D eigenvalue weighted by Crippen LogP contribution is -1.97. The van der Waals surface area contributed by atoms with Crippen molar-refractivity contribution in [2.24, 2.45) is 0 Å². The van der Waals surface area contributed by atoms with Crippen LogP contribution in [0.3, 0.4) is 0 Å². The summed E-state index contributed by atoms with van der Waals surface area (Å²) >= 11 is 0. The summed E-state index contributed by atoms with van der Waals surface area (Å²) in [5, 5.41) is 39.4. The van der Waals surface area contributed by atoms with Gasteiger partial charge in [-0.25, -0.2) is 0 Å². The minimum absolute atomic E-state index is 1.10. The Hall–Kier alpha value is -17.0. The molecule has 0 amide bonds. The van der Waals surface area contributed by atoms with E-state index in [4.69, 9.17) is 0 Å². The molecule has 2 nitrogen and oxygen atoms in total. The summed E-state index contributed by atoms with van der Waals surface area (Å²) in [5.41, 5.74) is 23.7. The van der Waals surface area contributed by atoms with Crippen LogP contribution < -0.4 is 0 Å². The van der Waals surface area contributed by atoms with E-state index in [-0.39, 0.29) is 0 Å². The van der Waals surface area contributed by atoms with Gasteiger partial charge in [-0.2, -0.15) is 0 Å². The molecule has 26 aromatic carbocycles. The van der Waals surface area contributed by atoms with E-state index in [1.165, 1.54) is 250 Å². The molecule has 0 saturated heterocycles. The highest BCUT2D eigenvalue weighted by Crippen LogP contribution is 2.53. The second-order valence-electron chi connectivity index (χ2n) is 35.6. The maximum atomic E-state index is 2.54. The van der Waals surface area contributed by atoms with Gasteiger partial charge in [-0.15, -0.1) is 0 Å². The van der Waals surface area contributed by atoms with Crippen LogP contribution in [0.25, 0.3) is 284 Å². The van der Waals surface area contributed by atoms with Gasteiger partial charge in [-0.1, -0.05) is 364 Å². The molecule has 130 heavy (non-hydrogen) atoms. The van der Waals surface area contributed by atoms with Crippen LogP contribution in [0.4, 0.5) is 0 Å². The van der Waals surface area contributed by atoms with E-state index in [2.05, 4.69) is 470 Å². The molecule has 0 bridgehead atoms. The van der Waals surface area contributed by atoms with Crippen LogP contribution in [-0.2, 0) is 0 Å². The third kappa shape index (κ3) is 11.0. The second-order valence-corrected chi connectivity index (χ2v) is 35.6. The van der Waals surface area contributed by atoms with Crippen LogP contribution in [0.5, 0.6) is 0 Å². The molecule has 2 heterocycles. The lowest BCUT2D eigenvalue weighted by molar-refractivity contribution is 1.18. The summed E-state index contributed by atoms with van der Waals surface area (Å²) in [6, 6.07) is 175. The van der Waals surface area contributed by atoms with Gasteiger partial charge in [0.1, 0.15) is 0 Å². The zero-order valence-electron chi connectivity index (χ0n) is 70.8. The Morgan fingerprint density at radius 3 is 0.977 bits per heavy atom. The van der Waals surface area contributed by atoms with E-state index in [1.807, 2.05) is 0 Å². The lowest BCUT2D eigenvalue weighted by atomic mass is 9.83. The van der Waals surface area contributed by atoms with E-state index in [9.17, 15) is 0 Å². The lowest BCUT2D eigenvalue weighted by Gasteiger charge is -2.21. The first-order valence-electron chi connectivity index (χ1n) is 45.2. The standard InChI is InChI=1S/C128H76N2/c1-3-26-87-70-96-72-89(46-47-90(96)68-85(87)24-1)93-52-60-111-114(75-93)123(95-49-48-91-69-86-25-2-4-27-88(86)71-97(91)73-95)107-36-16-15-35-106(107)121(111)84-50-58-98(59-51-84)129-117-63-54-79-21-6-10-30-101(79)125(117)128-113-74-92(45-42-82(113)57-64-118(128)129)77-40-43-83(44-41-77)122-108-37-17-18-38-109(108)124(112-61-53-94(76-115(112)122)100-39-19-28-78-20-5-9-29-99(78)100)110-62-67-116(105-34-14-13-33-104(105)110)130-119-65-55-80-22-7-11-31-102(80)126(119)127-103-32-12-8-23-81(103)56-66-120(127)130/h1-76H. The van der Waals surface area contributed by atoms with Crippen LogP contribution in [0.2, 0.25) is 0 Å². The Kier molecular flexibility index (Phi) is 15.7. The van der Waals surface area contributed by atoms with Crippen LogP contribution in [0.15, 0.2) is 461 Å². The summed E-state index contributed by atoms with van der Waals surface area (Å²) in [5.74, 6) is 0. The Bertz CT molecular complexity index is 9710. The van der Waals surface area contributed by atoms with Crippen molar-refractivity contribution in [1.29, 1.82) is 0 Å². The highest BCUT2D eigenvalue weighted by atomic mass is 15.0. The predicted octanol–water partition coefficient (Wildman–Crippen LogP) is 35.7. The molecule has 0 aliphatic heterocycles. The van der Waals surface area contributed by atoms with Gasteiger partial charge in [-0.3, -0.25) is 0 Å². The first-order chi connectivity index (χ1) is 64.4. The van der Waals surface area contributed by atoms with Gasteiger partial charge in [0.15, 0.2) is 0 Å². The zero-order chi connectivity index (χ0) is 84.9. The largest absolute Gasteiger partial charge is 0.309 e. The summed E-state index contributed by atoms with van der Waals surface area (Å²) < 4.78 is 5.05. The molecule has 2 heteroatoms. The van der Waals surface area contributed by atoms with Gasteiger partial charge in [-0.05, 0) is 320 Å². The third-order valence-electron chi connectivity index (χ3n) is 28.7. The quantitative estimate of drug-likeness (QED) is 0.128. The third-order valence-corrected chi connectivity index (χ3v) is 28.7. The number of hydrogen-bond acceptors (Lipinski definition) is 0. The van der Waals surface area contributed by atoms with E-state index >= 15 is 0 Å². The molecule has 0 saturated carbocycles. The van der Waals surface area contributed by atoms with Gasteiger partial charge in [0.2, 0.25) is 0 Å². The molecule has 0 aliphatic rings. The topological polar surface area (TPSA) is 9.86 Å². The van der Waals surface area contributed by atoms with E-state index in [0.29, 0.717) is 0 Å². The van der Waals surface area contributed by atoms with E-state index < -0.39 is 0 Å². The highest BCUT2D eigenvalue weighted by Gasteiger charge is 2.27. The monoisotopic (exact) mass is 1640 g/mol. The molecular weight excluding hydrogens is 1570 g/mol. The molecule has 598 valence electrons. The van der Waals surface area contributed by atoms with Crippen LogP contribution in [0.1, 0.15) is 0 Å². The number of fused-ring (bicyclic) bond motifs is 24. The molecule has 0 N–H and O–H groups in total. The second kappa shape index (κ2) is 28.2. The van der Waals surface area contributed by atoms with Crippen LogP contribution >= 0.6 is 0 Å². The summed E-state index contributed by atoms with van der Waals surface area (Å²) in [4.78, 5) is 0. The molecule has 0 radical (unpaired) electrons. The zero-order valence-corrected chi connectivity index (χ0v) is 70.8. The molecule has 0 aliphatic carbocycles. The van der Waals surface area contributed by atoms with Crippen molar-refractivity contribution in [3.63, 3.8) is 0 Å². The normalized spacial score (nSPS) is 12.2. The fourth-order valence-electron chi connectivity index (χ4n) is 22.8. The van der Waals surface area contributed by atoms with Gasteiger partial charge in [0, 0.05) is 32.6 Å². The maximum absolute atomic E-state index is 2.54. The summed E-state index contributed by atoms with van der Waals surface area (Å²) in [6.07, 6.45) is 0. The van der Waals surface area contributed by atoms with Gasteiger partial charge in [0.05, 0.1) is 27.8 Å². The Labute approximate surface area is 748 Å². The maximum Gasteiger partial charge on any atom is 0.0548 e. The molecular formula is C128H76N2. The van der Waals surface area contributed by atoms with Crippen LogP contribution in [-0.4, -0.2) is 9.13 Å². The Balaban J connectivity index is 0.589. The van der Waals surface area contributed by atoms with Crippen molar-refractivity contribution >= 4 is 194 Å². The fourth-order valence-corrected chi connectivity index (χ4v) is 22.8. The molecule has 0 unspecified atom stereocenters. The average molecular weight is 1640 g/mol. The number of rotatable bonds is 9. The van der Waals surface area contributed by atoms with Crippen molar-refractivity contribution in [3.05, 3.63) is 461 Å². The average Bonchev–Trinajstić information content (AvgIpc) is 0.959. The van der Waals surface area contributed by atoms with Crippen molar-refractivity contribution in [2.75, 3.05) is 0 Å². The first-order valence-corrected chi connectivity index (χ1v) is 45.2. The Morgan fingerprint density at radius 2 is 0.431 bits per heavy atom. The molecule has 0 fully saturated rings. The molecule has 28 rings (SSSR count). The Morgan fingerprint density at radius 1 is 0.123 bits per heavy atom. The SMILES string of the molecule is c1ccc2cc3cc(-c4ccc5c(-c6ccc(-n7c8ccc9ccccc9c8c8c9cc(-c%10ccc(-c%11c%12ccccc%12c(-c%12ccc(-n%13c%14ccc%15ccccc%15c%14c%14c%15ccccc%15ccc%14%13)c%13ccccc%12%13)c%12ccc(-c%13cccc%14ccccc%13%14)cc%11%12)cc%10)ccc9ccc87)cc6)c6ccccc6c(-c6ccc7cc8ccccc8cc7c6)c5c4)ccc3cc2c1. The first kappa shape index (κ1) is 72.3. The molecule has 0 spiro atoms. The van der Waals surface area contributed by atoms with E-state index in [1.54, 1.807) is 0 Å². The van der Waals surface area contributed by atoms with Crippen molar-refractivity contribution in [1.82, 2.24) is 9.13 Å². The van der Waals surface area contributed by atoms with Crippen molar-refractivity contribution in [3.8, 4) is 89.3 Å². The smallest absolute Gasteiger partial charge is 0.0548 e. The van der Waals surface area contributed by atoms with Crippen LogP contribution in [0, 0.1) is 0 Å². The predicted molar refractivity (Wildman–Crippen MR) is 558 cm³/mol. The van der Waals surface area contributed by atoms with Crippen molar-refractivity contribution in [2.45, 2.75) is 0 Å². The number of hydrogen-bond donors (Lipinski definition) is 0. The molecule has 2 aromatic heterocycles. The summed E-state index contributed by atoms with van der Waals surface area (Å²) in [6.45, 7) is 0. The molecule has 28 aromatic rings. The number of benzene rings is 26. The van der Waals surface area contributed by atoms with Gasteiger partial charge >= 0.3 is 0 Å². The number of nitrogens with zero attached hydrogens (tertiary/aromatic N) is 2. The minimum Gasteiger partial charge on any atom is -0.309 e. The minimum atomic E-state index is 1.10. The molecule has 0 atom stereocenters. The fraction of sp³-hybridized carbons (Fsp3) is 0. The van der Waals surface area contributed by atoms with Gasteiger partial charge in [0.25, 0.3) is 0 Å². The summed E-state index contributed by atoms with van der Waals surface area (Å²) in [7, 11) is 0. The van der Waals surface area contributed by atoms with E-state index in [0.717, 1.165) is 33.6 Å². The van der Waals surface area contributed by atoms with Gasteiger partial charge < -0.3 is 9.13 Å². The van der Waals surface area contributed by atoms with Crippen molar-refractivity contribution < 1.29 is 0 Å². The highest BCUT2D eigenvalue weighted by molar-refractivity contribution is 6.32.